The first-order valence-electron chi connectivity index (χ1n) is 6.25. The fourth-order valence-electron chi connectivity index (χ4n) is 2.10. The Balaban J connectivity index is 2.09. The summed E-state index contributed by atoms with van der Waals surface area (Å²) in [6.07, 6.45) is 2.75. The molecule has 1 aromatic rings. The minimum absolute atomic E-state index is 0.0134. The van der Waals surface area contributed by atoms with E-state index in [4.69, 9.17) is 11.6 Å². The quantitative estimate of drug-likeness (QED) is 0.499. The van der Waals surface area contributed by atoms with E-state index in [1.54, 1.807) is 0 Å². The van der Waals surface area contributed by atoms with Gasteiger partial charge in [-0.2, -0.15) is 0 Å². The van der Waals surface area contributed by atoms with Crippen LogP contribution in [0.5, 0.6) is 0 Å². The molecule has 0 atom stereocenters. The van der Waals surface area contributed by atoms with Gasteiger partial charge in [0.15, 0.2) is 0 Å². The number of benzene rings is 1. The molecular weight excluding hydrogens is 287 g/mol. The zero-order valence-electron chi connectivity index (χ0n) is 10.7. The topological polar surface area (TPSA) is 72.2 Å². The second kappa shape index (κ2) is 5.75. The molecule has 1 N–H and O–H groups in total. The summed E-state index contributed by atoms with van der Waals surface area (Å²) in [5, 5.41) is 13.5. The van der Waals surface area contributed by atoms with Crippen molar-refractivity contribution < 1.29 is 14.1 Å². The van der Waals surface area contributed by atoms with Crippen LogP contribution in [0.15, 0.2) is 18.2 Å². The van der Waals surface area contributed by atoms with Crippen molar-refractivity contribution in [2.45, 2.75) is 19.3 Å². The Morgan fingerprint density at radius 3 is 2.75 bits per heavy atom. The summed E-state index contributed by atoms with van der Waals surface area (Å²) in [6, 6.07) is 2.84. The molecule has 1 aliphatic rings. The molecule has 7 heteroatoms. The van der Waals surface area contributed by atoms with Crippen LogP contribution in [-0.4, -0.2) is 23.3 Å². The largest absolute Gasteiger partial charge is 0.351 e. The van der Waals surface area contributed by atoms with Gasteiger partial charge >= 0.3 is 0 Å². The van der Waals surface area contributed by atoms with Crippen molar-refractivity contribution in [3.05, 3.63) is 39.7 Å². The number of hydrogen-bond acceptors (Lipinski definition) is 3. The second-order valence-corrected chi connectivity index (χ2v) is 5.42. The lowest BCUT2D eigenvalue weighted by Gasteiger charge is -2.14. The first-order chi connectivity index (χ1) is 9.47. The molecule has 1 fully saturated rings. The van der Waals surface area contributed by atoms with Crippen LogP contribution < -0.4 is 5.32 Å². The molecular formula is C13H14ClFN2O3. The van der Waals surface area contributed by atoms with Crippen LogP contribution in [0.4, 0.5) is 10.1 Å². The predicted octanol–water partition coefficient (Wildman–Crippen LogP) is 2.87. The van der Waals surface area contributed by atoms with E-state index in [1.807, 2.05) is 0 Å². The molecule has 20 heavy (non-hydrogen) atoms. The van der Waals surface area contributed by atoms with E-state index in [9.17, 15) is 19.3 Å². The van der Waals surface area contributed by atoms with Crippen molar-refractivity contribution in [3.63, 3.8) is 0 Å². The third kappa shape index (κ3) is 3.25. The lowest BCUT2D eigenvalue weighted by molar-refractivity contribution is -0.385. The number of amides is 1. The number of hydrogen-bond donors (Lipinski definition) is 1. The first kappa shape index (κ1) is 14.7. The molecule has 0 aromatic heterocycles. The van der Waals surface area contributed by atoms with Gasteiger partial charge in [-0.25, -0.2) is 4.39 Å². The third-order valence-corrected chi connectivity index (χ3v) is 3.79. The van der Waals surface area contributed by atoms with E-state index in [1.165, 1.54) is 0 Å². The Bertz CT molecular complexity index is 546. The molecule has 1 amide bonds. The number of nitrogens with zero attached hydrogens (tertiary/aromatic N) is 1. The van der Waals surface area contributed by atoms with Gasteiger partial charge in [-0.1, -0.05) is 0 Å². The van der Waals surface area contributed by atoms with Gasteiger partial charge in [-0.15, -0.1) is 11.6 Å². The first-order valence-corrected chi connectivity index (χ1v) is 6.79. The van der Waals surface area contributed by atoms with Gasteiger partial charge in [0, 0.05) is 18.5 Å². The van der Waals surface area contributed by atoms with Gasteiger partial charge in [0.25, 0.3) is 11.6 Å². The Morgan fingerprint density at radius 2 is 2.20 bits per heavy atom. The third-order valence-electron chi connectivity index (χ3n) is 3.61. The van der Waals surface area contributed by atoms with Crippen molar-refractivity contribution in [1.82, 2.24) is 5.32 Å². The zero-order chi connectivity index (χ0) is 14.8. The predicted molar refractivity (Wildman–Crippen MR) is 72.4 cm³/mol. The number of nitro benzene ring substituents is 1. The summed E-state index contributed by atoms with van der Waals surface area (Å²) < 4.78 is 13.2. The monoisotopic (exact) mass is 300 g/mol. The van der Waals surface area contributed by atoms with Crippen LogP contribution in [0.2, 0.25) is 0 Å². The van der Waals surface area contributed by atoms with Gasteiger partial charge in [0.1, 0.15) is 11.4 Å². The molecule has 0 unspecified atom stereocenters. The van der Waals surface area contributed by atoms with E-state index in [2.05, 4.69) is 5.32 Å². The second-order valence-electron chi connectivity index (χ2n) is 5.04. The van der Waals surface area contributed by atoms with Gasteiger partial charge < -0.3 is 5.32 Å². The number of carbonyl (C=O) groups excluding carboxylic acids is 1. The minimum Gasteiger partial charge on any atom is -0.351 e. The van der Waals surface area contributed by atoms with Crippen LogP contribution in [0, 0.1) is 21.3 Å². The van der Waals surface area contributed by atoms with Crippen molar-refractivity contribution in [3.8, 4) is 0 Å². The van der Waals surface area contributed by atoms with Crippen molar-refractivity contribution in [2.75, 3.05) is 12.4 Å². The highest BCUT2D eigenvalue weighted by atomic mass is 35.5. The number of alkyl halides is 1. The standard InChI is InChI=1S/C13H14ClFN2O3/c14-6-5-13(3-4-13)8-16-12(18)10-7-9(15)1-2-11(10)17(19)20/h1-2,7H,3-6,8H2,(H,16,18). The van der Waals surface area contributed by atoms with E-state index in [-0.39, 0.29) is 11.0 Å². The van der Waals surface area contributed by atoms with Crippen molar-refractivity contribution >= 4 is 23.2 Å². The number of halogens is 2. The molecule has 0 bridgehead atoms. The Kier molecular flexibility index (Phi) is 4.23. The van der Waals surface area contributed by atoms with Gasteiger partial charge in [-0.05, 0) is 36.8 Å². The molecule has 0 saturated heterocycles. The van der Waals surface area contributed by atoms with Crippen LogP contribution in [0.1, 0.15) is 29.6 Å². The Labute approximate surface area is 120 Å². The number of rotatable bonds is 6. The summed E-state index contributed by atoms with van der Waals surface area (Å²) in [7, 11) is 0. The van der Waals surface area contributed by atoms with Crippen LogP contribution in [0.3, 0.4) is 0 Å². The molecule has 108 valence electrons. The van der Waals surface area contributed by atoms with E-state index >= 15 is 0 Å². The zero-order valence-corrected chi connectivity index (χ0v) is 11.5. The lowest BCUT2D eigenvalue weighted by atomic mass is 10.0. The molecule has 0 aliphatic heterocycles. The molecule has 0 heterocycles. The molecule has 0 radical (unpaired) electrons. The highest BCUT2D eigenvalue weighted by Crippen LogP contribution is 2.48. The van der Waals surface area contributed by atoms with Gasteiger partial charge in [-0.3, -0.25) is 14.9 Å². The summed E-state index contributed by atoms with van der Waals surface area (Å²) >= 11 is 5.69. The minimum atomic E-state index is -0.694. The maximum Gasteiger partial charge on any atom is 0.282 e. The van der Waals surface area contributed by atoms with Crippen LogP contribution >= 0.6 is 11.6 Å². The molecule has 2 rings (SSSR count). The maximum absolute atomic E-state index is 13.2. The molecule has 1 saturated carbocycles. The smallest absolute Gasteiger partial charge is 0.282 e. The fraction of sp³-hybridized carbons (Fsp3) is 0.462. The fourth-order valence-corrected chi connectivity index (χ4v) is 2.51. The summed E-state index contributed by atoms with van der Waals surface area (Å²) in [4.78, 5) is 22.1. The number of nitrogens with one attached hydrogen (secondary N) is 1. The Morgan fingerprint density at radius 1 is 1.50 bits per heavy atom. The highest BCUT2D eigenvalue weighted by Gasteiger charge is 2.42. The van der Waals surface area contributed by atoms with E-state index in [0.717, 1.165) is 37.5 Å². The van der Waals surface area contributed by atoms with Crippen LogP contribution in [-0.2, 0) is 0 Å². The average Bonchev–Trinajstić information content (AvgIpc) is 3.16. The molecule has 0 spiro atoms. The van der Waals surface area contributed by atoms with Gasteiger partial charge in [0.2, 0.25) is 0 Å². The summed E-state index contributed by atoms with van der Waals surface area (Å²) in [5.74, 6) is -0.796. The SMILES string of the molecule is O=C(NCC1(CCCl)CC1)c1cc(F)ccc1[N+](=O)[O-]. The highest BCUT2D eigenvalue weighted by molar-refractivity contribution is 6.17. The number of nitro groups is 1. The maximum atomic E-state index is 13.2. The normalized spacial score (nSPS) is 15.7. The van der Waals surface area contributed by atoms with E-state index < -0.39 is 22.3 Å². The average molecular weight is 301 g/mol. The van der Waals surface area contributed by atoms with Crippen LogP contribution in [0.25, 0.3) is 0 Å². The lowest BCUT2D eigenvalue weighted by Crippen LogP contribution is -2.31. The van der Waals surface area contributed by atoms with Crippen molar-refractivity contribution in [2.24, 2.45) is 5.41 Å². The van der Waals surface area contributed by atoms with E-state index in [0.29, 0.717) is 12.4 Å². The molecule has 1 aromatic carbocycles. The molecule has 1 aliphatic carbocycles. The van der Waals surface area contributed by atoms with Gasteiger partial charge in [0.05, 0.1) is 4.92 Å². The summed E-state index contributed by atoms with van der Waals surface area (Å²) in [5.41, 5.74) is -0.637. The summed E-state index contributed by atoms with van der Waals surface area (Å²) in [6.45, 7) is 0.409. The number of carbonyl (C=O) groups is 1. The molecule has 5 nitrogen and oxygen atoms in total. The van der Waals surface area contributed by atoms with Crippen molar-refractivity contribution in [1.29, 1.82) is 0 Å². The Hall–Kier alpha value is -1.69.